The van der Waals surface area contributed by atoms with Crippen LogP contribution in [0.3, 0.4) is 0 Å². The summed E-state index contributed by atoms with van der Waals surface area (Å²) in [7, 11) is 0. The molecule has 1 aromatic heterocycles. The van der Waals surface area contributed by atoms with Crippen LogP contribution in [0.2, 0.25) is 0 Å². The first kappa shape index (κ1) is 15.2. The molecule has 1 heterocycles. The van der Waals surface area contributed by atoms with Crippen LogP contribution in [0.15, 0.2) is 11.4 Å². The molecular weight excluding hydrogens is 246 g/mol. The van der Waals surface area contributed by atoms with E-state index in [1.165, 1.54) is 49.9 Å². The van der Waals surface area contributed by atoms with Crippen LogP contribution in [0.4, 0.5) is 0 Å². The lowest BCUT2D eigenvalue weighted by molar-refractivity contribution is 0.0701. The second kappa shape index (κ2) is 9.11. The molecule has 1 rings (SSSR count). The summed E-state index contributed by atoms with van der Waals surface area (Å²) in [5.74, 6) is -0.818. The molecule has 0 saturated heterocycles. The molecule has 4 heteroatoms. The van der Waals surface area contributed by atoms with Crippen LogP contribution in [-0.4, -0.2) is 17.6 Å². The van der Waals surface area contributed by atoms with E-state index in [1.54, 1.807) is 0 Å². The summed E-state index contributed by atoms with van der Waals surface area (Å²) in [5, 5.41) is 14.1. The Morgan fingerprint density at radius 2 is 2.00 bits per heavy atom. The largest absolute Gasteiger partial charge is 0.477 e. The third-order valence-electron chi connectivity index (χ3n) is 2.96. The maximum absolute atomic E-state index is 10.9. The number of unbranched alkanes of at least 4 members (excludes halogenated alkanes) is 5. The number of hydrogen-bond acceptors (Lipinski definition) is 3. The van der Waals surface area contributed by atoms with Gasteiger partial charge in [0.05, 0.1) is 0 Å². The molecule has 0 bridgehead atoms. The van der Waals surface area contributed by atoms with E-state index >= 15 is 0 Å². The van der Waals surface area contributed by atoms with Gasteiger partial charge in [0, 0.05) is 6.54 Å². The molecule has 102 valence electrons. The summed E-state index contributed by atoms with van der Waals surface area (Å²) >= 11 is 1.30. The average Bonchev–Trinajstić information content (AvgIpc) is 2.81. The zero-order valence-corrected chi connectivity index (χ0v) is 11.9. The Morgan fingerprint density at radius 1 is 1.28 bits per heavy atom. The summed E-state index contributed by atoms with van der Waals surface area (Å²) in [6.45, 7) is 3.86. The van der Waals surface area contributed by atoms with Crippen molar-refractivity contribution in [3.63, 3.8) is 0 Å². The van der Waals surface area contributed by atoms with Gasteiger partial charge in [0.1, 0.15) is 4.88 Å². The topological polar surface area (TPSA) is 49.3 Å². The normalized spacial score (nSPS) is 10.7. The van der Waals surface area contributed by atoms with Crippen LogP contribution < -0.4 is 5.32 Å². The smallest absolute Gasteiger partial charge is 0.346 e. The van der Waals surface area contributed by atoms with Crippen LogP contribution >= 0.6 is 11.3 Å². The van der Waals surface area contributed by atoms with Gasteiger partial charge < -0.3 is 10.4 Å². The molecule has 2 N–H and O–H groups in total. The van der Waals surface area contributed by atoms with Gasteiger partial charge in [-0.2, -0.15) is 0 Å². The molecular formula is C14H23NO2S. The number of carboxylic acids is 1. The van der Waals surface area contributed by atoms with Crippen molar-refractivity contribution in [2.75, 3.05) is 6.54 Å². The maximum atomic E-state index is 10.9. The molecule has 0 aromatic carbocycles. The van der Waals surface area contributed by atoms with Crippen molar-refractivity contribution in [1.82, 2.24) is 5.32 Å². The Bertz CT molecular complexity index is 349. The number of aromatic carboxylic acids is 1. The minimum Gasteiger partial charge on any atom is -0.477 e. The maximum Gasteiger partial charge on any atom is 0.346 e. The first-order valence-electron chi connectivity index (χ1n) is 6.76. The minimum atomic E-state index is -0.818. The third kappa shape index (κ3) is 5.65. The molecule has 0 aliphatic rings. The number of rotatable bonds is 10. The zero-order chi connectivity index (χ0) is 13.2. The van der Waals surface area contributed by atoms with Gasteiger partial charge in [-0.1, -0.05) is 39.0 Å². The zero-order valence-electron chi connectivity index (χ0n) is 11.1. The summed E-state index contributed by atoms with van der Waals surface area (Å²) in [4.78, 5) is 11.4. The Hall–Kier alpha value is -0.870. The van der Waals surface area contributed by atoms with Gasteiger partial charge in [0.25, 0.3) is 0 Å². The fourth-order valence-corrected chi connectivity index (χ4v) is 2.68. The number of nitrogens with one attached hydrogen (secondary N) is 1. The Balaban J connectivity index is 2.07. The van der Waals surface area contributed by atoms with E-state index in [1.807, 2.05) is 11.4 Å². The summed E-state index contributed by atoms with van der Waals surface area (Å²) in [5.41, 5.74) is 0.901. The quantitative estimate of drug-likeness (QED) is 0.633. The van der Waals surface area contributed by atoms with Gasteiger partial charge >= 0.3 is 5.97 Å². The average molecular weight is 269 g/mol. The first-order chi connectivity index (χ1) is 8.75. The molecule has 0 spiro atoms. The fraction of sp³-hybridized carbons (Fsp3) is 0.643. The molecule has 1 aromatic rings. The highest BCUT2D eigenvalue weighted by molar-refractivity contribution is 7.12. The van der Waals surface area contributed by atoms with Crippen LogP contribution in [0.1, 0.15) is 60.7 Å². The van der Waals surface area contributed by atoms with E-state index in [-0.39, 0.29) is 0 Å². The molecule has 3 nitrogen and oxygen atoms in total. The lowest BCUT2D eigenvalue weighted by Crippen LogP contribution is -2.15. The van der Waals surface area contributed by atoms with Crippen LogP contribution in [0, 0.1) is 0 Å². The van der Waals surface area contributed by atoms with Crippen molar-refractivity contribution in [1.29, 1.82) is 0 Å². The number of carbonyl (C=O) groups is 1. The molecule has 0 radical (unpaired) electrons. The van der Waals surface area contributed by atoms with E-state index in [0.717, 1.165) is 12.1 Å². The monoisotopic (exact) mass is 269 g/mol. The van der Waals surface area contributed by atoms with Gasteiger partial charge in [-0.25, -0.2) is 4.79 Å². The van der Waals surface area contributed by atoms with Gasteiger partial charge in [-0.15, -0.1) is 11.3 Å². The lowest BCUT2D eigenvalue weighted by Gasteiger charge is -2.04. The van der Waals surface area contributed by atoms with Gasteiger partial charge in [-0.05, 0) is 30.0 Å². The fourth-order valence-electron chi connectivity index (χ4n) is 1.92. The van der Waals surface area contributed by atoms with Crippen molar-refractivity contribution in [2.24, 2.45) is 0 Å². The van der Waals surface area contributed by atoms with Crippen molar-refractivity contribution in [3.05, 3.63) is 21.9 Å². The highest BCUT2D eigenvalue weighted by atomic mass is 32.1. The predicted molar refractivity (Wildman–Crippen MR) is 76.4 cm³/mol. The van der Waals surface area contributed by atoms with Crippen molar-refractivity contribution in [2.45, 2.75) is 52.0 Å². The van der Waals surface area contributed by atoms with Crippen molar-refractivity contribution >= 4 is 17.3 Å². The number of carboxylic acid groups (broad SMARTS) is 1. The number of hydrogen-bond donors (Lipinski definition) is 2. The predicted octanol–water partition coefficient (Wildman–Crippen LogP) is 3.90. The third-order valence-corrected chi connectivity index (χ3v) is 3.91. The molecule has 0 saturated carbocycles. The van der Waals surface area contributed by atoms with Crippen molar-refractivity contribution < 1.29 is 9.90 Å². The molecule has 0 aliphatic carbocycles. The van der Waals surface area contributed by atoms with Crippen LogP contribution in [0.25, 0.3) is 0 Å². The molecule has 0 aliphatic heterocycles. The Morgan fingerprint density at radius 3 is 2.72 bits per heavy atom. The second-order valence-electron chi connectivity index (χ2n) is 4.52. The highest BCUT2D eigenvalue weighted by Gasteiger charge is 2.10. The second-order valence-corrected chi connectivity index (χ2v) is 5.44. The van der Waals surface area contributed by atoms with E-state index in [9.17, 15) is 4.79 Å². The van der Waals surface area contributed by atoms with E-state index in [4.69, 9.17) is 5.11 Å². The highest BCUT2D eigenvalue weighted by Crippen LogP contribution is 2.16. The minimum absolute atomic E-state index is 0.463. The van der Waals surface area contributed by atoms with E-state index < -0.39 is 5.97 Å². The van der Waals surface area contributed by atoms with Gasteiger partial charge in [0.15, 0.2) is 0 Å². The van der Waals surface area contributed by atoms with Crippen molar-refractivity contribution in [3.8, 4) is 0 Å². The van der Waals surface area contributed by atoms with Crippen LogP contribution in [-0.2, 0) is 6.54 Å². The standard InChI is InChI=1S/C14H23NO2S/c1-2-3-4-5-6-7-9-15-11-12-8-10-18-13(12)14(16)17/h8,10,15H,2-7,9,11H2,1H3,(H,16,17). The molecule has 18 heavy (non-hydrogen) atoms. The van der Waals surface area contributed by atoms with Gasteiger partial charge in [-0.3, -0.25) is 0 Å². The lowest BCUT2D eigenvalue weighted by atomic mass is 10.1. The SMILES string of the molecule is CCCCCCCCNCc1ccsc1C(=O)O. The van der Waals surface area contributed by atoms with Gasteiger partial charge in [0.2, 0.25) is 0 Å². The van der Waals surface area contributed by atoms with Crippen LogP contribution in [0.5, 0.6) is 0 Å². The molecule has 0 fully saturated rings. The Kier molecular flexibility index (Phi) is 7.69. The Labute approximate surface area is 113 Å². The molecule has 0 amide bonds. The summed E-state index contributed by atoms with van der Waals surface area (Å²) < 4.78 is 0. The summed E-state index contributed by atoms with van der Waals surface area (Å²) in [6, 6.07) is 1.89. The molecule has 0 unspecified atom stereocenters. The first-order valence-corrected chi connectivity index (χ1v) is 7.64. The molecule has 0 atom stereocenters. The summed E-state index contributed by atoms with van der Waals surface area (Å²) in [6.07, 6.45) is 7.72. The van der Waals surface area contributed by atoms with E-state index in [2.05, 4.69) is 12.2 Å². The van der Waals surface area contributed by atoms with E-state index in [0.29, 0.717) is 11.4 Å². The number of thiophene rings is 1.